The zero-order chi connectivity index (χ0) is 27.4. The van der Waals surface area contributed by atoms with Crippen molar-refractivity contribution in [2.75, 3.05) is 33.4 Å². The molecule has 1 aliphatic carbocycles. The van der Waals surface area contributed by atoms with Gasteiger partial charge in [0.2, 0.25) is 5.91 Å². The minimum atomic E-state index is -0.267. The number of aliphatic hydroxyl groups excluding tert-OH is 1. The van der Waals surface area contributed by atoms with Crippen LogP contribution in [0.15, 0.2) is 17.1 Å². The fourth-order valence-electron chi connectivity index (χ4n) is 7.80. The monoisotopic (exact) mass is 530 g/mol. The average Bonchev–Trinajstić information content (AvgIpc) is 3.28. The largest absolute Gasteiger partial charge is 0.394 e. The highest BCUT2D eigenvalue weighted by Crippen LogP contribution is 2.55. The number of rotatable bonds is 8. The Hall–Kier alpha value is -1.93. The highest BCUT2D eigenvalue weighted by molar-refractivity contribution is 5.90. The Morgan fingerprint density at radius 1 is 1.24 bits per heavy atom. The number of nitrogens with zero attached hydrogens (tertiary/aromatic N) is 3. The van der Waals surface area contributed by atoms with Gasteiger partial charge in [0, 0.05) is 57.8 Å². The van der Waals surface area contributed by atoms with E-state index in [0.29, 0.717) is 37.4 Å². The first-order chi connectivity index (χ1) is 18.2. The molecule has 3 aliphatic heterocycles. The quantitative estimate of drug-likeness (QED) is 0.464. The first-order valence-electron chi connectivity index (χ1n) is 14.9. The van der Waals surface area contributed by atoms with Crippen molar-refractivity contribution < 1.29 is 19.4 Å². The van der Waals surface area contributed by atoms with Crippen LogP contribution < -0.4 is 5.32 Å². The fourth-order valence-corrected chi connectivity index (χ4v) is 7.80. The summed E-state index contributed by atoms with van der Waals surface area (Å²) in [5.74, 6) is 1.21. The van der Waals surface area contributed by atoms with Gasteiger partial charge in [-0.25, -0.2) is 4.79 Å². The summed E-state index contributed by atoms with van der Waals surface area (Å²) in [5, 5.41) is 13.7. The average molecular weight is 531 g/mol. The minimum absolute atomic E-state index is 0.00329. The summed E-state index contributed by atoms with van der Waals surface area (Å²) in [7, 11) is 1.77. The maximum absolute atomic E-state index is 13.3. The molecule has 3 fully saturated rings. The van der Waals surface area contributed by atoms with E-state index in [1.807, 2.05) is 9.80 Å². The zero-order valence-electron chi connectivity index (χ0n) is 24.2. The number of carbonyl (C=O) groups excluding carboxylic acids is 2. The third kappa shape index (κ3) is 5.96. The molecule has 6 atom stereocenters. The van der Waals surface area contributed by atoms with E-state index >= 15 is 0 Å². The van der Waals surface area contributed by atoms with Gasteiger partial charge in [-0.15, -0.1) is 0 Å². The van der Waals surface area contributed by atoms with Gasteiger partial charge in [-0.3, -0.25) is 9.79 Å². The molecule has 0 aromatic carbocycles. The molecule has 3 heterocycles. The molecule has 8 nitrogen and oxygen atoms in total. The predicted molar refractivity (Wildman–Crippen MR) is 150 cm³/mol. The SMILES string of the molecule is CC/C=C\CC(CC(C)C)NC(=O)N1CCC2(CC1)CN(C(C)=O)[C@@H](CO)C1N=C3CC(OC)CCC3C12. The van der Waals surface area contributed by atoms with Gasteiger partial charge in [0.15, 0.2) is 0 Å². The molecule has 4 rings (SSSR count). The summed E-state index contributed by atoms with van der Waals surface area (Å²) in [6.45, 7) is 10.1. The Labute approximate surface area is 229 Å². The highest BCUT2D eigenvalue weighted by Gasteiger charge is 2.60. The number of fused-ring (bicyclic) bond motifs is 4. The maximum atomic E-state index is 13.3. The third-order valence-electron chi connectivity index (χ3n) is 9.65. The molecule has 0 aromatic heterocycles. The maximum Gasteiger partial charge on any atom is 0.317 e. The van der Waals surface area contributed by atoms with E-state index in [-0.39, 0.29) is 48.2 Å². The smallest absolute Gasteiger partial charge is 0.317 e. The molecule has 1 spiro atoms. The number of aliphatic imine (C=N–C) groups is 1. The van der Waals surface area contributed by atoms with E-state index in [9.17, 15) is 14.7 Å². The number of methoxy groups -OCH3 is 1. The van der Waals surface area contributed by atoms with Crippen molar-refractivity contribution in [3.8, 4) is 0 Å². The van der Waals surface area contributed by atoms with Crippen LogP contribution >= 0.6 is 0 Å². The van der Waals surface area contributed by atoms with Crippen molar-refractivity contribution in [3.63, 3.8) is 0 Å². The summed E-state index contributed by atoms with van der Waals surface area (Å²) in [5.41, 5.74) is 1.13. The van der Waals surface area contributed by atoms with Crippen LogP contribution in [0.25, 0.3) is 0 Å². The molecule has 214 valence electrons. The Morgan fingerprint density at radius 2 is 1.97 bits per heavy atom. The number of hydrogen-bond acceptors (Lipinski definition) is 5. The lowest BCUT2D eigenvalue weighted by atomic mass is 9.57. The number of piperidine rings is 2. The van der Waals surface area contributed by atoms with Gasteiger partial charge in [-0.1, -0.05) is 32.9 Å². The molecule has 8 heteroatoms. The van der Waals surface area contributed by atoms with E-state index in [1.54, 1.807) is 14.0 Å². The second-order valence-electron chi connectivity index (χ2n) is 12.5. The summed E-state index contributed by atoms with van der Waals surface area (Å²) in [6.07, 6.45) is 12.0. The Kier molecular flexibility index (Phi) is 9.56. The van der Waals surface area contributed by atoms with Crippen LogP contribution in [0.4, 0.5) is 4.79 Å². The van der Waals surface area contributed by atoms with E-state index in [2.05, 4.69) is 38.2 Å². The lowest BCUT2D eigenvalue weighted by Crippen LogP contribution is -2.65. The van der Waals surface area contributed by atoms with Crippen LogP contribution in [0.2, 0.25) is 0 Å². The standard InChI is InChI=1S/C30H50N4O4/c1-6-7-8-9-22(16-20(2)3)31-29(37)33-14-12-30(13-15-33)19-34(21(4)36)26(18-35)28-27(30)24-11-10-23(38-5)17-25(24)32-28/h7-8,20,22-24,26-28,35H,6,9-19H2,1-5H3,(H,31,37)/b8-7-/t22?,23?,24?,26-,27?,28?/m0/s1. The zero-order valence-corrected chi connectivity index (χ0v) is 24.2. The highest BCUT2D eigenvalue weighted by atomic mass is 16.5. The van der Waals surface area contributed by atoms with Crippen LogP contribution in [0, 0.1) is 23.2 Å². The molecular formula is C30H50N4O4. The van der Waals surface area contributed by atoms with Crippen LogP contribution in [0.3, 0.4) is 0 Å². The number of allylic oxidation sites excluding steroid dienone is 1. The number of likely N-dealkylation sites (tertiary alicyclic amines) is 2. The second kappa shape index (κ2) is 12.5. The molecule has 1 saturated carbocycles. The summed E-state index contributed by atoms with van der Waals surface area (Å²) >= 11 is 0. The predicted octanol–water partition coefficient (Wildman–Crippen LogP) is 4.03. The van der Waals surface area contributed by atoms with E-state index in [1.165, 1.54) is 5.71 Å². The summed E-state index contributed by atoms with van der Waals surface area (Å²) in [6, 6.07) is -0.171. The Balaban J connectivity index is 1.50. The van der Waals surface area contributed by atoms with Crippen molar-refractivity contribution in [2.45, 2.75) is 103 Å². The van der Waals surface area contributed by atoms with E-state index < -0.39 is 0 Å². The van der Waals surface area contributed by atoms with Crippen LogP contribution in [0.5, 0.6) is 0 Å². The number of amides is 3. The lowest BCUT2D eigenvalue weighted by molar-refractivity contribution is -0.145. The fraction of sp³-hybridized carbons (Fsp3) is 0.833. The third-order valence-corrected chi connectivity index (χ3v) is 9.65. The van der Waals surface area contributed by atoms with Gasteiger partial charge in [-0.05, 0) is 62.2 Å². The van der Waals surface area contributed by atoms with Crippen molar-refractivity contribution >= 4 is 17.6 Å². The number of nitrogens with one attached hydrogen (secondary N) is 1. The normalized spacial score (nSPS) is 31.3. The first-order valence-corrected chi connectivity index (χ1v) is 14.9. The van der Waals surface area contributed by atoms with Gasteiger partial charge in [0.1, 0.15) is 0 Å². The van der Waals surface area contributed by atoms with Crippen LogP contribution in [0.1, 0.15) is 79.1 Å². The lowest BCUT2D eigenvalue weighted by Gasteiger charge is -2.57. The molecule has 2 N–H and O–H groups in total. The van der Waals surface area contributed by atoms with Crippen LogP contribution in [-0.4, -0.2) is 90.1 Å². The Morgan fingerprint density at radius 3 is 2.58 bits per heavy atom. The molecular weight excluding hydrogens is 480 g/mol. The van der Waals surface area contributed by atoms with E-state index in [4.69, 9.17) is 9.73 Å². The first kappa shape index (κ1) is 29.1. The number of hydrogen-bond donors (Lipinski definition) is 2. The van der Waals surface area contributed by atoms with Gasteiger partial charge < -0.3 is 25.0 Å². The molecule has 2 saturated heterocycles. The van der Waals surface area contributed by atoms with Crippen molar-refractivity contribution in [2.24, 2.45) is 28.2 Å². The van der Waals surface area contributed by atoms with Crippen molar-refractivity contribution in [3.05, 3.63) is 12.2 Å². The molecule has 0 bridgehead atoms. The second-order valence-corrected chi connectivity index (χ2v) is 12.5. The molecule has 3 amide bonds. The van der Waals surface area contributed by atoms with E-state index in [0.717, 1.165) is 51.4 Å². The molecule has 38 heavy (non-hydrogen) atoms. The number of urea groups is 1. The molecule has 5 unspecified atom stereocenters. The summed E-state index contributed by atoms with van der Waals surface area (Å²) in [4.78, 5) is 35.2. The van der Waals surface area contributed by atoms with Gasteiger partial charge in [-0.2, -0.15) is 0 Å². The molecule has 0 radical (unpaired) electrons. The summed E-state index contributed by atoms with van der Waals surface area (Å²) < 4.78 is 5.68. The van der Waals surface area contributed by atoms with Crippen molar-refractivity contribution in [1.82, 2.24) is 15.1 Å². The topological polar surface area (TPSA) is 94.5 Å². The van der Waals surface area contributed by atoms with Gasteiger partial charge in [0.25, 0.3) is 0 Å². The number of aliphatic hydroxyl groups is 1. The molecule has 4 aliphatic rings. The van der Waals surface area contributed by atoms with Gasteiger partial charge >= 0.3 is 6.03 Å². The number of ether oxygens (including phenoxy) is 1. The number of carbonyl (C=O) groups is 2. The minimum Gasteiger partial charge on any atom is -0.394 e. The van der Waals surface area contributed by atoms with Crippen LogP contribution in [-0.2, 0) is 9.53 Å². The van der Waals surface area contributed by atoms with Gasteiger partial charge in [0.05, 0.1) is 24.8 Å². The Bertz CT molecular complexity index is 895. The molecule has 0 aromatic rings. The van der Waals surface area contributed by atoms with Crippen molar-refractivity contribution in [1.29, 1.82) is 0 Å².